The van der Waals surface area contributed by atoms with E-state index in [4.69, 9.17) is 5.73 Å². The van der Waals surface area contributed by atoms with Crippen LogP contribution in [-0.2, 0) is 16.0 Å². The molecule has 0 unspecified atom stereocenters. The highest BCUT2D eigenvalue weighted by Crippen LogP contribution is 2.07. The lowest BCUT2D eigenvalue weighted by Crippen LogP contribution is -2.51. The second-order valence-corrected chi connectivity index (χ2v) is 4.17. The third kappa shape index (κ3) is 3.29. The van der Waals surface area contributed by atoms with Gasteiger partial charge in [-0.15, -0.1) is 0 Å². The minimum Gasteiger partial charge on any atom is -0.399 e. The molecule has 17 heavy (non-hydrogen) atoms. The number of nitrogen functional groups attached to an aromatic ring is 1. The number of nitrogens with two attached hydrogens (primary N) is 1. The summed E-state index contributed by atoms with van der Waals surface area (Å²) in [5.41, 5.74) is 7.48. The van der Waals surface area contributed by atoms with Crippen molar-refractivity contribution in [3.05, 3.63) is 29.8 Å². The van der Waals surface area contributed by atoms with Gasteiger partial charge in [0.2, 0.25) is 11.8 Å². The third-order valence-electron chi connectivity index (χ3n) is 2.71. The highest BCUT2D eigenvalue weighted by molar-refractivity contribution is 5.99. The number of hydrogen-bond donors (Lipinski definition) is 2. The van der Waals surface area contributed by atoms with Gasteiger partial charge in [0.25, 0.3) is 0 Å². The Morgan fingerprint density at radius 3 is 2.29 bits per heavy atom. The highest BCUT2D eigenvalue weighted by Gasteiger charge is 2.21. The predicted octanol–water partition coefficient (Wildman–Crippen LogP) is -0.230. The lowest BCUT2D eigenvalue weighted by atomic mass is 10.1. The highest BCUT2D eigenvalue weighted by atomic mass is 16.2. The van der Waals surface area contributed by atoms with Gasteiger partial charge in [0, 0.05) is 12.2 Å². The van der Waals surface area contributed by atoms with E-state index >= 15 is 0 Å². The summed E-state index contributed by atoms with van der Waals surface area (Å²) in [5, 5.41) is 2.28. The van der Waals surface area contributed by atoms with Gasteiger partial charge in [-0.25, -0.2) is 0 Å². The van der Waals surface area contributed by atoms with Crippen LogP contribution < -0.4 is 11.1 Å². The molecule has 0 spiro atoms. The molecule has 5 nitrogen and oxygen atoms in total. The average molecular weight is 233 g/mol. The van der Waals surface area contributed by atoms with Crippen LogP contribution in [0.5, 0.6) is 0 Å². The SMILES string of the molecule is Nc1ccc(CCN2CC(=O)NC(=O)C2)cc1. The van der Waals surface area contributed by atoms with Crippen LogP contribution >= 0.6 is 0 Å². The quantitative estimate of drug-likeness (QED) is 0.558. The molecule has 0 atom stereocenters. The first-order valence-electron chi connectivity index (χ1n) is 5.53. The van der Waals surface area contributed by atoms with Crippen molar-refractivity contribution in [3.8, 4) is 0 Å². The number of nitrogens with zero attached hydrogens (tertiary/aromatic N) is 1. The van der Waals surface area contributed by atoms with E-state index in [1.54, 1.807) is 0 Å². The maximum Gasteiger partial charge on any atom is 0.240 e. The van der Waals surface area contributed by atoms with E-state index in [-0.39, 0.29) is 11.8 Å². The predicted molar refractivity (Wildman–Crippen MR) is 64.1 cm³/mol. The van der Waals surface area contributed by atoms with Gasteiger partial charge in [-0.1, -0.05) is 12.1 Å². The molecule has 2 rings (SSSR count). The van der Waals surface area contributed by atoms with Crippen LogP contribution in [0.2, 0.25) is 0 Å². The summed E-state index contributed by atoms with van der Waals surface area (Å²) in [5.74, 6) is -0.447. The molecule has 0 saturated carbocycles. The number of hydrogen-bond acceptors (Lipinski definition) is 4. The van der Waals surface area contributed by atoms with Crippen LogP contribution in [0.3, 0.4) is 0 Å². The van der Waals surface area contributed by atoms with Gasteiger partial charge in [-0.2, -0.15) is 0 Å². The molecular weight excluding hydrogens is 218 g/mol. The van der Waals surface area contributed by atoms with Crippen molar-refractivity contribution in [3.63, 3.8) is 0 Å². The number of anilines is 1. The Balaban J connectivity index is 1.87. The largest absolute Gasteiger partial charge is 0.399 e. The summed E-state index contributed by atoms with van der Waals surface area (Å²) in [6.07, 6.45) is 0.806. The van der Waals surface area contributed by atoms with Crippen LogP contribution in [0.25, 0.3) is 0 Å². The van der Waals surface area contributed by atoms with Gasteiger partial charge in [-0.3, -0.25) is 19.8 Å². The molecule has 1 saturated heterocycles. The molecule has 1 aromatic rings. The molecule has 0 aliphatic carbocycles. The number of benzene rings is 1. The second-order valence-electron chi connectivity index (χ2n) is 4.17. The summed E-state index contributed by atoms with van der Waals surface area (Å²) in [6.45, 7) is 1.28. The van der Waals surface area contributed by atoms with Crippen molar-refractivity contribution in [2.75, 3.05) is 25.4 Å². The lowest BCUT2D eigenvalue weighted by molar-refractivity contribution is -0.135. The first-order valence-corrected chi connectivity index (χ1v) is 5.53. The zero-order chi connectivity index (χ0) is 12.3. The minimum absolute atomic E-state index is 0.224. The van der Waals surface area contributed by atoms with E-state index in [0.29, 0.717) is 19.6 Å². The van der Waals surface area contributed by atoms with Crippen LogP contribution in [0.15, 0.2) is 24.3 Å². The van der Waals surface area contributed by atoms with Gasteiger partial charge in [-0.05, 0) is 24.1 Å². The Labute approximate surface area is 99.6 Å². The average Bonchev–Trinajstić information content (AvgIpc) is 2.27. The standard InChI is InChI=1S/C12H15N3O2/c13-10-3-1-9(2-4-10)5-6-15-7-11(16)14-12(17)8-15/h1-4H,5-8,13H2,(H,14,16,17). The van der Waals surface area contributed by atoms with Crippen LogP contribution in [0, 0.1) is 0 Å². The summed E-state index contributed by atoms with van der Waals surface area (Å²) in [4.78, 5) is 24.1. The van der Waals surface area contributed by atoms with Gasteiger partial charge >= 0.3 is 0 Å². The molecule has 0 radical (unpaired) electrons. The number of carbonyl (C=O) groups excluding carboxylic acids is 2. The van der Waals surface area contributed by atoms with E-state index in [2.05, 4.69) is 5.32 Å². The fraction of sp³-hybridized carbons (Fsp3) is 0.333. The Kier molecular flexibility index (Phi) is 3.39. The van der Waals surface area contributed by atoms with Crippen LogP contribution in [0.4, 0.5) is 5.69 Å². The van der Waals surface area contributed by atoms with Crippen molar-refractivity contribution < 1.29 is 9.59 Å². The first kappa shape index (κ1) is 11.6. The molecular formula is C12H15N3O2. The molecule has 0 aromatic heterocycles. The molecule has 0 bridgehead atoms. The van der Waals surface area contributed by atoms with Crippen molar-refractivity contribution in [2.45, 2.75) is 6.42 Å². The van der Waals surface area contributed by atoms with Crippen molar-refractivity contribution in [1.29, 1.82) is 0 Å². The molecule has 3 N–H and O–H groups in total. The summed E-state index contributed by atoms with van der Waals surface area (Å²) >= 11 is 0. The zero-order valence-electron chi connectivity index (χ0n) is 9.48. The van der Waals surface area contributed by atoms with Crippen molar-refractivity contribution >= 4 is 17.5 Å². The fourth-order valence-corrected chi connectivity index (χ4v) is 1.83. The van der Waals surface area contributed by atoms with E-state index in [9.17, 15) is 9.59 Å². The molecule has 1 aliphatic rings. The van der Waals surface area contributed by atoms with Crippen molar-refractivity contribution in [2.24, 2.45) is 0 Å². The smallest absolute Gasteiger partial charge is 0.240 e. The summed E-state index contributed by atoms with van der Waals surface area (Å²) in [7, 11) is 0. The maximum absolute atomic E-state index is 11.1. The molecule has 1 aromatic carbocycles. The summed E-state index contributed by atoms with van der Waals surface area (Å²) in [6, 6.07) is 7.62. The maximum atomic E-state index is 11.1. The van der Waals surface area contributed by atoms with Gasteiger partial charge in [0.05, 0.1) is 13.1 Å². The Morgan fingerprint density at radius 1 is 1.12 bits per heavy atom. The normalized spacial score (nSPS) is 16.9. The molecule has 2 amide bonds. The van der Waals surface area contributed by atoms with E-state index in [0.717, 1.165) is 17.7 Å². The Bertz CT molecular complexity index is 412. The zero-order valence-corrected chi connectivity index (χ0v) is 9.48. The monoisotopic (exact) mass is 233 g/mol. The van der Waals surface area contributed by atoms with Crippen LogP contribution in [0.1, 0.15) is 5.56 Å². The van der Waals surface area contributed by atoms with Gasteiger partial charge in [0.1, 0.15) is 0 Å². The number of nitrogens with one attached hydrogen (secondary N) is 1. The number of carbonyl (C=O) groups is 2. The topological polar surface area (TPSA) is 75.4 Å². The van der Waals surface area contributed by atoms with E-state index < -0.39 is 0 Å². The molecule has 1 aliphatic heterocycles. The number of rotatable bonds is 3. The lowest BCUT2D eigenvalue weighted by Gasteiger charge is -2.25. The first-order chi connectivity index (χ1) is 8.13. The second kappa shape index (κ2) is 4.97. The Morgan fingerprint density at radius 2 is 1.71 bits per heavy atom. The van der Waals surface area contributed by atoms with Crippen molar-refractivity contribution in [1.82, 2.24) is 10.2 Å². The van der Waals surface area contributed by atoms with Gasteiger partial charge in [0.15, 0.2) is 0 Å². The number of amides is 2. The number of imide groups is 1. The van der Waals surface area contributed by atoms with E-state index in [1.165, 1.54) is 0 Å². The molecule has 90 valence electrons. The van der Waals surface area contributed by atoms with Gasteiger partial charge < -0.3 is 5.73 Å². The fourth-order valence-electron chi connectivity index (χ4n) is 1.83. The van der Waals surface area contributed by atoms with Crippen LogP contribution in [-0.4, -0.2) is 36.3 Å². The van der Waals surface area contributed by atoms with E-state index in [1.807, 2.05) is 29.2 Å². The minimum atomic E-state index is -0.224. The third-order valence-corrected chi connectivity index (χ3v) is 2.71. The molecule has 1 fully saturated rings. The molecule has 5 heteroatoms. The number of piperazine rings is 1. The summed E-state index contributed by atoms with van der Waals surface area (Å²) < 4.78 is 0. The molecule has 1 heterocycles. The Hall–Kier alpha value is -1.88.